The number of unbranched alkanes of at least 4 members (excludes halogenated alkanes) is 1. The highest BCUT2D eigenvalue weighted by Crippen LogP contribution is 2.13. The van der Waals surface area contributed by atoms with Crippen LogP contribution in [0.4, 0.5) is 0 Å². The molecule has 0 spiro atoms. The molecule has 3 heteroatoms. The summed E-state index contributed by atoms with van der Waals surface area (Å²) in [5.41, 5.74) is 0. The molecule has 1 fully saturated rings. The molecule has 1 aliphatic heterocycles. The molecule has 3 nitrogen and oxygen atoms in total. The smallest absolute Gasteiger partial charge is 0.0518 e. The van der Waals surface area contributed by atoms with Gasteiger partial charge in [-0.05, 0) is 79.4 Å². The molecule has 1 heterocycles. The van der Waals surface area contributed by atoms with E-state index in [1.807, 2.05) is 0 Å². The summed E-state index contributed by atoms with van der Waals surface area (Å²) >= 11 is 0. The molecular formula is C16H34N2O. The van der Waals surface area contributed by atoms with Crippen LogP contribution in [0, 0.1) is 0 Å². The zero-order chi connectivity index (χ0) is 14.1. The van der Waals surface area contributed by atoms with Crippen LogP contribution in [-0.2, 0) is 4.74 Å². The van der Waals surface area contributed by atoms with Crippen molar-refractivity contribution in [2.75, 3.05) is 26.2 Å². The summed E-state index contributed by atoms with van der Waals surface area (Å²) in [4.78, 5) is 2.61. The fourth-order valence-electron chi connectivity index (χ4n) is 2.69. The van der Waals surface area contributed by atoms with Crippen LogP contribution in [0.25, 0.3) is 0 Å². The number of nitrogens with one attached hydrogen (secondary N) is 1. The molecule has 0 bridgehead atoms. The van der Waals surface area contributed by atoms with Gasteiger partial charge in [0.2, 0.25) is 0 Å². The van der Waals surface area contributed by atoms with Crippen molar-refractivity contribution < 1.29 is 4.74 Å². The summed E-state index contributed by atoms with van der Waals surface area (Å²) < 4.78 is 5.56. The molecule has 1 N–H and O–H groups in total. The molecule has 1 rings (SSSR count). The van der Waals surface area contributed by atoms with Gasteiger partial charge in [0.1, 0.15) is 0 Å². The molecule has 19 heavy (non-hydrogen) atoms. The Kier molecular flexibility index (Phi) is 8.67. The van der Waals surface area contributed by atoms with Crippen LogP contribution in [0.1, 0.15) is 59.8 Å². The van der Waals surface area contributed by atoms with Gasteiger partial charge in [0.25, 0.3) is 0 Å². The maximum absolute atomic E-state index is 5.56. The SMILES string of the molecule is CC(C)OCCCCNC1CCCN(C(C)C)CC1. The summed E-state index contributed by atoms with van der Waals surface area (Å²) in [5.74, 6) is 0. The van der Waals surface area contributed by atoms with Crippen LogP contribution in [0.3, 0.4) is 0 Å². The second-order valence-electron chi connectivity index (χ2n) is 6.34. The van der Waals surface area contributed by atoms with E-state index >= 15 is 0 Å². The largest absolute Gasteiger partial charge is 0.379 e. The van der Waals surface area contributed by atoms with Crippen molar-refractivity contribution in [1.82, 2.24) is 10.2 Å². The van der Waals surface area contributed by atoms with Gasteiger partial charge in [0.15, 0.2) is 0 Å². The second kappa shape index (κ2) is 9.73. The average molecular weight is 270 g/mol. The van der Waals surface area contributed by atoms with E-state index in [4.69, 9.17) is 4.74 Å². The van der Waals surface area contributed by atoms with E-state index in [2.05, 4.69) is 37.9 Å². The first-order valence-electron chi connectivity index (χ1n) is 8.18. The quantitative estimate of drug-likeness (QED) is 0.686. The maximum atomic E-state index is 5.56. The first-order valence-corrected chi connectivity index (χ1v) is 8.18. The molecule has 1 aliphatic rings. The van der Waals surface area contributed by atoms with E-state index < -0.39 is 0 Å². The van der Waals surface area contributed by atoms with Gasteiger partial charge in [0.05, 0.1) is 6.10 Å². The Morgan fingerprint density at radius 1 is 1.11 bits per heavy atom. The molecule has 0 aromatic carbocycles. The molecule has 0 saturated carbocycles. The third-order valence-corrected chi connectivity index (χ3v) is 3.95. The number of likely N-dealkylation sites (tertiary alicyclic amines) is 1. The lowest BCUT2D eigenvalue weighted by Crippen LogP contribution is -2.34. The Labute approximate surface area is 120 Å². The van der Waals surface area contributed by atoms with Crippen molar-refractivity contribution in [1.29, 1.82) is 0 Å². The second-order valence-corrected chi connectivity index (χ2v) is 6.34. The Bertz CT molecular complexity index is 219. The Hall–Kier alpha value is -0.120. The first kappa shape index (κ1) is 16.9. The van der Waals surface area contributed by atoms with E-state index in [1.165, 1.54) is 45.2 Å². The number of ether oxygens (including phenoxy) is 1. The van der Waals surface area contributed by atoms with Crippen LogP contribution in [-0.4, -0.2) is 49.3 Å². The molecule has 0 aliphatic carbocycles. The standard InChI is InChI=1S/C16H34N2O/c1-14(2)18-11-7-8-16(9-12-18)17-10-5-6-13-19-15(3)4/h14-17H,5-13H2,1-4H3. The van der Waals surface area contributed by atoms with Gasteiger partial charge in [-0.15, -0.1) is 0 Å². The summed E-state index contributed by atoms with van der Waals surface area (Å²) in [6.45, 7) is 13.4. The minimum absolute atomic E-state index is 0.372. The number of hydrogen-bond acceptors (Lipinski definition) is 3. The molecule has 1 atom stereocenters. The zero-order valence-corrected chi connectivity index (χ0v) is 13.5. The normalized spacial score (nSPS) is 22.1. The van der Waals surface area contributed by atoms with E-state index in [1.54, 1.807) is 0 Å². The van der Waals surface area contributed by atoms with E-state index in [0.29, 0.717) is 12.1 Å². The van der Waals surface area contributed by atoms with Gasteiger partial charge >= 0.3 is 0 Å². The van der Waals surface area contributed by atoms with Crippen LogP contribution in [0.15, 0.2) is 0 Å². The van der Waals surface area contributed by atoms with Gasteiger partial charge in [0, 0.05) is 18.7 Å². The van der Waals surface area contributed by atoms with Crippen molar-refractivity contribution in [2.24, 2.45) is 0 Å². The lowest BCUT2D eigenvalue weighted by Gasteiger charge is -2.24. The molecule has 114 valence electrons. The molecule has 0 aromatic rings. The average Bonchev–Trinajstić information content (AvgIpc) is 2.58. The number of rotatable bonds is 8. The van der Waals surface area contributed by atoms with Gasteiger partial charge in [-0.2, -0.15) is 0 Å². The fourth-order valence-corrected chi connectivity index (χ4v) is 2.69. The molecule has 0 aromatic heterocycles. The van der Waals surface area contributed by atoms with Crippen molar-refractivity contribution in [3.05, 3.63) is 0 Å². The highest BCUT2D eigenvalue weighted by atomic mass is 16.5. The summed E-state index contributed by atoms with van der Waals surface area (Å²) in [6, 6.07) is 1.43. The number of nitrogens with zero attached hydrogens (tertiary/aromatic N) is 1. The van der Waals surface area contributed by atoms with Crippen LogP contribution < -0.4 is 5.32 Å². The molecule has 1 unspecified atom stereocenters. The minimum Gasteiger partial charge on any atom is -0.379 e. The lowest BCUT2D eigenvalue weighted by atomic mass is 10.1. The molecule has 1 saturated heterocycles. The highest BCUT2D eigenvalue weighted by Gasteiger charge is 2.17. The van der Waals surface area contributed by atoms with Crippen LogP contribution in [0.5, 0.6) is 0 Å². The monoisotopic (exact) mass is 270 g/mol. The fraction of sp³-hybridized carbons (Fsp3) is 1.00. The predicted octanol–water partition coefficient (Wildman–Crippen LogP) is 3.04. The maximum Gasteiger partial charge on any atom is 0.0518 e. The Morgan fingerprint density at radius 2 is 1.89 bits per heavy atom. The van der Waals surface area contributed by atoms with Crippen molar-refractivity contribution in [3.8, 4) is 0 Å². The topological polar surface area (TPSA) is 24.5 Å². The van der Waals surface area contributed by atoms with Gasteiger partial charge in [-0.25, -0.2) is 0 Å². The third-order valence-electron chi connectivity index (χ3n) is 3.95. The molecule has 0 radical (unpaired) electrons. The van der Waals surface area contributed by atoms with Crippen LogP contribution >= 0.6 is 0 Å². The van der Waals surface area contributed by atoms with Crippen molar-refractivity contribution >= 4 is 0 Å². The van der Waals surface area contributed by atoms with E-state index in [0.717, 1.165) is 19.2 Å². The Balaban J connectivity index is 2.03. The molecular weight excluding hydrogens is 236 g/mol. The zero-order valence-electron chi connectivity index (χ0n) is 13.5. The van der Waals surface area contributed by atoms with Gasteiger partial charge < -0.3 is 15.0 Å². The summed E-state index contributed by atoms with van der Waals surface area (Å²) in [6.07, 6.45) is 6.77. The molecule has 0 amide bonds. The predicted molar refractivity (Wildman–Crippen MR) is 82.7 cm³/mol. The van der Waals surface area contributed by atoms with Gasteiger partial charge in [-0.1, -0.05) is 0 Å². The summed E-state index contributed by atoms with van der Waals surface area (Å²) in [5, 5.41) is 3.73. The highest BCUT2D eigenvalue weighted by molar-refractivity contribution is 4.76. The van der Waals surface area contributed by atoms with E-state index in [-0.39, 0.29) is 0 Å². The third kappa shape index (κ3) is 7.91. The van der Waals surface area contributed by atoms with Crippen molar-refractivity contribution in [2.45, 2.75) is 78.0 Å². The van der Waals surface area contributed by atoms with Gasteiger partial charge in [-0.3, -0.25) is 0 Å². The number of hydrogen-bond donors (Lipinski definition) is 1. The Morgan fingerprint density at radius 3 is 2.58 bits per heavy atom. The van der Waals surface area contributed by atoms with Crippen molar-refractivity contribution in [3.63, 3.8) is 0 Å². The van der Waals surface area contributed by atoms with Crippen LogP contribution in [0.2, 0.25) is 0 Å². The lowest BCUT2D eigenvalue weighted by molar-refractivity contribution is 0.0759. The minimum atomic E-state index is 0.372. The van der Waals surface area contributed by atoms with E-state index in [9.17, 15) is 0 Å². The first-order chi connectivity index (χ1) is 9.09. The summed E-state index contributed by atoms with van der Waals surface area (Å²) in [7, 11) is 0.